The van der Waals surface area contributed by atoms with E-state index in [2.05, 4.69) is 0 Å². The molecule has 2 N–H and O–H groups in total. The van der Waals surface area contributed by atoms with Crippen molar-refractivity contribution in [3.63, 3.8) is 0 Å². The van der Waals surface area contributed by atoms with E-state index in [1.54, 1.807) is 12.1 Å². The highest BCUT2D eigenvalue weighted by molar-refractivity contribution is 7.88. The number of morpholine rings is 1. The van der Waals surface area contributed by atoms with Crippen molar-refractivity contribution < 1.29 is 23.2 Å². The Morgan fingerprint density at radius 3 is 2.26 bits per heavy atom. The molecule has 1 aliphatic rings. The van der Waals surface area contributed by atoms with Gasteiger partial charge >= 0.3 is 7.12 Å². The summed E-state index contributed by atoms with van der Waals surface area (Å²) in [6.07, 6.45) is 0. The Morgan fingerprint density at radius 2 is 1.74 bits per heavy atom. The van der Waals surface area contributed by atoms with Gasteiger partial charge in [0.15, 0.2) is 0 Å². The van der Waals surface area contributed by atoms with E-state index in [0.717, 1.165) is 0 Å². The van der Waals surface area contributed by atoms with Crippen molar-refractivity contribution in [1.82, 2.24) is 4.31 Å². The van der Waals surface area contributed by atoms with Crippen molar-refractivity contribution in [2.24, 2.45) is 0 Å². The first kappa shape index (κ1) is 14.5. The van der Waals surface area contributed by atoms with Crippen LogP contribution in [0.4, 0.5) is 0 Å². The lowest BCUT2D eigenvalue weighted by Crippen LogP contribution is -2.41. The lowest BCUT2D eigenvalue weighted by Gasteiger charge is -2.26. The predicted molar refractivity (Wildman–Crippen MR) is 71.3 cm³/mol. The lowest BCUT2D eigenvalue weighted by atomic mass is 9.80. The molecule has 1 aliphatic heterocycles. The molecule has 0 aromatic heterocycles. The summed E-state index contributed by atoms with van der Waals surface area (Å²) in [6.45, 7) is 1.62. The minimum Gasteiger partial charge on any atom is -0.423 e. The average molecular weight is 285 g/mol. The summed E-state index contributed by atoms with van der Waals surface area (Å²) in [4.78, 5) is 0. The second kappa shape index (κ2) is 6.02. The summed E-state index contributed by atoms with van der Waals surface area (Å²) >= 11 is 0. The molecule has 2 rings (SSSR count). The third kappa shape index (κ3) is 3.77. The minimum absolute atomic E-state index is 0.0885. The topological polar surface area (TPSA) is 87.1 Å². The summed E-state index contributed by atoms with van der Waals surface area (Å²) in [5.74, 6) is -0.0885. The Morgan fingerprint density at radius 1 is 1.16 bits per heavy atom. The van der Waals surface area contributed by atoms with Crippen LogP contribution in [0.2, 0.25) is 0 Å². The van der Waals surface area contributed by atoms with Gasteiger partial charge in [0.25, 0.3) is 0 Å². The lowest BCUT2D eigenvalue weighted by molar-refractivity contribution is 0.0729. The first-order valence-corrected chi connectivity index (χ1v) is 7.60. The first-order chi connectivity index (χ1) is 8.99. The highest BCUT2D eigenvalue weighted by atomic mass is 32.2. The minimum atomic E-state index is -3.34. The maximum absolute atomic E-state index is 12.1. The maximum Gasteiger partial charge on any atom is 0.488 e. The zero-order valence-electron chi connectivity index (χ0n) is 10.4. The number of sulfonamides is 1. The van der Waals surface area contributed by atoms with Crippen molar-refractivity contribution in [1.29, 1.82) is 0 Å². The molecule has 0 bridgehead atoms. The van der Waals surface area contributed by atoms with E-state index < -0.39 is 17.1 Å². The van der Waals surface area contributed by atoms with Crippen molar-refractivity contribution in [3.05, 3.63) is 29.8 Å². The summed E-state index contributed by atoms with van der Waals surface area (Å²) in [6, 6.07) is 6.20. The maximum atomic E-state index is 12.1. The highest BCUT2D eigenvalue weighted by Gasteiger charge is 2.24. The van der Waals surface area contributed by atoms with Crippen LogP contribution in [-0.4, -0.2) is 56.2 Å². The molecule has 1 aromatic carbocycles. The van der Waals surface area contributed by atoms with Crippen LogP contribution >= 0.6 is 0 Å². The van der Waals surface area contributed by atoms with Gasteiger partial charge in [-0.1, -0.05) is 24.3 Å². The molecule has 8 heteroatoms. The molecule has 0 amide bonds. The molecule has 19 heavy (non-hydrogen) atoms. The van der Waals surface area contributed by atoms with Crippen LogP contribution in [0.3, 0.4) is 0 Å². The van der Waals surface area contributed by atoms with Crippen LogP contribution in [0, 0.1) is 0 Å². The SMILES string of the molecule is O=S(=O)(Cc1ccc(B(O)O)cc1)N1CCOCC1. The quantitative estimate of drug-likeness (QED) is 0.659. The molecular weight excluding hydrogens is 269 g/mol. The van der Waals surface area contributed by atoms with E-state index in [4.69, 9.17) is 14.8 Å². The van der Waals surface area contributed by atoms with Crippen LogP contribution in [0.1, 0.15) is 5.56 Å². The summed E-state index contributed by atoms with van der Waals surface area (Å²) in [5.41, 5.74) is 0.961. The second-order valence-electron chi connectivity index (χ2n) is 4.38. The van der Waals surface area contributed by atoms with Crippen LogP contribution in [0.25, 0.3) is 0 Å². The number of rotatable bonds is 4. The Kier molecular flexibility index (Phi) is 4.59. The zero-order chi connectivity index (χ0) is 13.9. The van der Waals surface area contributed by atoms with Gasteiger partial charge in [0.2, 0.25) is 10.0 Å². The standard InChI is InChI=1S/C11H16BNO5S/c14-12(15)11-3-1-10(2-4-11)9-19(16,17)13-5-7-18-8-6-13/h1-4,14-15H,5-9H2. The largest absolute Gasteiger partial charge is 0.488 e. The third-order valence-corrected chi connectivity index (χ3v) is 4.84. The molecule has 104 valence electrons. The van der Waals surface area contributed by atoms with Crippen LogP contribution < -0.4 is 5.46 Å². The van der Waals surface area contributed by atoms with Crippen LogP contribution in [-0.2, 0) is 20.5 Å². The molecule has 1 aromatic rings. The molecule has 1 fully saturated rings. The highest BCUT2D eigenvalue weighted by Crippen LogP contribution is 2.12. The second-order valence-corrected chi connectivity index (χ2v) is 6.35. The van der Waals surface area contributed by atoms with Gasteiger partial charge in [0.05, 0.1) is 19.0 Å². The van der Waals surface area contributed by atoms with E-state index in [0.29, 0.717) is 37.3 Å². The van der Waals surface area contributed by atoms with Crippen LogP contribution in [0.15, 0.2) is 24.3 Å². The van der Waals surface area contributed by atoms with E-state index in [9.17, 15) is 8.42 Å². The van der Waals surface area contributed by atoms with Gasteiger partial charge in [0.1, 0.15) is 0 Å². The van der Waals surface area contributed by atoms with Gasteiger partial charge in [-0.3, -0.25) is 0 Å². The van der Waals surface area contributed by atoms with E-state index in [1.165, 1.54) is 16.4 Å². The molecular formula is C11H16BNO5S. The molecule has 1 saturated heterocycles. The smallest absolute Gasteiger partial charge is 0.423 e. The normalized spacial score (nSPS) is 17.4. The Labute approximate surface area is 112 Å². The summed E-state index contributed by atoms with van der Waals surface area (Å²) in [7, 11) is -4.88. The Hall–Kier alpha value is -0.925. The third-order valence-electron chi connectivity index (χ3n) is 2.99. The van der Waals surface area contributed by atoms with Crippen LogP contribution in [0.5, 0.6) is 0 Å². The van der Waals surface area contributed by atoms with Crippen molar-refractivity contribution >= 4 is 22.6 Å². The first-order valence-electron chi connectivity index (χ1n) is 5.99. The van der Waals surface area contributed by atoms with Crippen molar-refractivity contribution in [2.45, 2.75) is 5.75 Å². The molecule has 0 aliphatic carbocycles. The number of benzene rings is 1. The number of hydrogen-bond donors (Lipinski definition) is 2. The van der Waals surface area contributed by atoms with Crippen molar-refractivity contribution in [2.75, 3.05) is 26.3 Å². The van der Waals surface area contributed by atoms with Gasteiger partial charge in [-0.15, -0.1) is 0 Å². The Balaban J connectivity index is 2.06. The number of ether oxygens (including phenoxy) is 1. The van der Waals surface area contributed by atoms with Gasteiger partial charge < -0.3 is 14.8 Å². The zero-order valence-corrected chi connectivity index (χ0v) is 11.2. The van der Waals surface area contributed by atoms with Gasteiger partial charge in [-0.05, 0) is 11.0 Å². The summed E-state index contributed by atoms with van der Waals surface area (Å²) < 4.78 is 30.8. The fraction of sp³-hybridized carbons (Fsp3) is 0.455. The van der Waals surface area contributed by atoms with Gasteiger partial charge in [-0.2, -0.15) is 4.31 Å². The summed E-state index contributed by atoms with van der Waals surface area (Å²) in [5, 5.41) is 17.9. The predicted octanol–water partition coefficient (Wildman–Crippen LogP) is -1.47. The fourth-order valence-corrected chi connectivity index (χ4v) is 3.41. The van der Waals surface area contributed by atoms with Gasteiger partial charge in [0, 0.05) is 13.1 Å². The molecule has 0 spiro atoms. The molecule has 1 heterocycles. The molecule has 0 radical (unpaired) electrons. The van der Waals surface area contributed by atoms with Gasteiger partial charge in [-0.25, -0.2) is 8.42 Å². The molecule has 0 atom stereocenters. The number of hydrogen-bond acceptors (Lipinski definition) is 5. The number of nitrogens with zero attached hydrogens (tertiary/aromatic N) is 1. The van der Waals surface area contributed by atoms with E-state index >= 15 is 0 Å². The fourth-order valence-electron chi connectivity index (χ4n) is 1.91. The molecule has 0 unspecified atom stereocenters. The monoisotopic (exact) mass is 285 g/mol. The molecule has 0 saturated carbocycles. The Bertz CT molecular complexity index is 510. The van der Waals surface area contributed by atoms with E-state index in [1.807, 2.05) is 0 Å². The molecule has 6 nitrogen and oxygen atoms in total. The average Bonchev–Trinajstić information content (AvgIpc) is 2.40. The van der Waals surface area contributed by atoms with E-state index in [-0.39, 0.29) is 5.75 Å². The van der Waals surface area contributed by atoms with Crippen molar-refractivity contribution in [3.8, 4) is 0 Å².